The van der Waals surface area contributed by atoms with Crippen molar-refractivity contribution in [2.75, 3.05) is 20.2 Å². The van der Waals surface area contributed by atoms with Crippen molar-refractivity contribution >= 4 is 17.2 Å². The number of carbonyl (C=O) groups excluding carboxylic acids is 1. The lowest BCUT2D eigenvalue weighted by molar-refractivity contribution is -0.131. The van der Waals surface area contributed by atoms with Crippen molar-refractivity contribution in [2.24, 2.45) is 0 Å². The van der Waals surface area contributed by atoms with Crippen LogP contribution in [0.15, 0.2) is 46.3 Å². The molecule has 1 aliphatic rings. The fraction of sp³-hybridized carbons (Fsp3) is 0.350. The van der Waals surface area contributed by atoms with Gasteiger partial charge in [0.05, 0.1) is 13.5 Å². The molecule has 6 nitrogen and oxygen atoms in total. The molecule has 140 valence electrons. The predicted octanol–water partition coefficient (Wildman–Crippen LogP) is 3.76. The highest BCUT2D eigenvalue weighted by molar-refractivity contribution is 7.10. The third kappa shape index (κ3) is 4.03. The Morgan fingerprint density at radius 2 is 2.04 bits per heavy atom. The summed E-state index contributed by atoms with van der Waals surface area (Å²) in [5.41, 5.74) is 0.898. The lowest BCUT2D eigenvalue weighted by Gasteiger charge is -2.30. The molecule has 3 heterocycles. The van der Waals surface area contributed by atoms with E-state index in [0.29, 0.717) is 18.1 Å². The van der Waals surface area contributed by atoms with E-state index >= 15 is 0 Å². The molecule has 0 N–H and O–H groups in total. The van der Waals surface area contributed by atoms with Gasteiger partial charge in [-0.1, -0.05) is 11.2 Å². The lowest BCUT2D eigenvalue weighted by atomic mass is 9.96. The van der Waals surface area contributed by atoms with Crippen LogP contribution in [0, 0.1) is 0 Å². The quantitative estimate of drug-likeness (QED) is 0.671. The summed E-state index contributed by atoms with van der Waals surface area (Å²) in [5.74, 6) is 2.44. The average molecular weight is 383 g/mol. The number of methoxy groups -OCH3 is 1. The first-order valence-corrected chi connectivity index (χ1v) is 9.89. The summed E-state index contributed by atoms with van der Waals surface area (Å²) in [7, 11) is 1.64. The minimum Gasteiger partial charge on any atom is -0.497 e. The minimum absolute atomic E-state index is 0.195. The first-order chi connectivity index (χ1) is 13.2. The Hall–Kier alpha value is -2.67. The van der Waals surface area contributed by atoms with Crippen molar-refractivity contribution in [3.8, 4) is 17.1 Å². The molecule has 0 unspecified atom stereocenters. The SMILES string of the molecule is COc1ccc(-c2noc(C3CCN(C(=O)Cc4cccs4)CC3)n2)cc1. The van der Waals surface area contributed by atoms with E-state index in [-0.39, 0.29) is 11.8 Å². The molecular weight excluding hydrogens is 362 g/mol. The fourth-order valence-corrected chi connectivity index (χ4v) is 4.00. The number of hydrogen-bond donors (Lipinski definition) is 0. The van der Waals surface area contributed by atoms with Gasteiger partial charge in [0, 0.05) is 29.4 Å². The average Bonchev–Trinajstić information content (AvgIpc) is 3.40. The van der Waals surface area contributed by atoms with Gasteiger partial charge in [0.2, 0.25) is 17.6 Å². The number of ether oxygens (including phenoxy) is 1. The molecule has 2 aromatic heterocycles. The number of likely N-dealkylation sites (tertiary alicyclic amines) is 1. The maximum atomic E-state index is 12.4. The van der Waals surface area contributed by atoms with Gasteiger partial charge in [-0.2, -0.15) is 4.98 Å². The molecule has 0 aliphatic carbocycles. The van der Waals surface area contributed by atoms with Crippen LogP contribution in [-0.2, 0) is 11.2 Å². The van der Waals surface area contributed by atoms with E-state index in [4.69, 9.17) is 9.26 Å². The van der Waals surface area contributed by atoms with Gasteiger partial charge < -0.3 is 14.2 Å². The van der Waals surface area contributed by atoms with Gasteiger partial charge in [0.1, 0.15) is 5.75 Å². The van der Waals surface area contributed by atoms with Gasteiger partial charge >= 0.3 is 0 Å². The van der Waals surface area contributed by atoms with Crippen LogP contribution in [0.25, 0.3) is 11.4 Å². The number of thiophene rings is 1. The number of rotatable bonds is 5. The molecule has 1 aliphatic heterocycles. The molecule has 1 saturated heterocycles. The van der Waals surface area contributed by atoms with Gasteiger partial charge in [-0.25, -0.2) is 0 Å². The number of aromatic nitrogens is 2. The normalized spacial score (nSPS) is 15.1. The zero-order chi connectivity index (χ0) is 18.6. The molecular formula is C20H21N3O3S. The van der Waals surface area contributed by atoms with Gasteiger partial charge in [0.25, 0.3) is 0 Å². The number of hydrogen-bond acceptors (Lipinski definition) is 6. The summed E-state index contributed by atoms with van der Waals surface area (Å²) >= 11 is 1.63. The molecule has 0 saturated carbocycles. The second-order valence-corrected chi connectivity index (χ2v) is 7.63. The Morgan fingerprint density at radius 3 is 2.70 bits per heavy atom. The maximum Gasteiger partial charge on any atom is 0.230 e. The molecule has 27 heavy (non-hydrogen) atoms. The molecule has 0 bridgehead atoms. The molecule has 0 radical (unpaired) electrons. The molecule has 0 atom stereocenters. The molecule has 3 aromatic rings. The fourth-order valence-electron chi connectivity index (χ4n) is 3.31. The molecule has 1 amide bonds. The largest absolute Gasteiger partial charge is 0.497 e. The van der Waals surface area contributed by atoms with E-state index in [0.717, 1.165) is 42.1 Å². The zero-order valence-electron chi connectivity index (χ0n) is 15.1. The van der Waals surface area contributed by atoms with Crippen molar-refractivity contribution in [3.05, 3.63) is 52.5 Å². The van der Waals surface area contributed by atoms with Crippen molar-refractivity contribution in [3.63, 3.8) is 0 Å². The Morgan fingerprint density at radius 1 is 1.26 bits per heavy atom. The van der Waals surface area contributed by atoms with Gasteiger partial charge in [0.15, 0.2) is 0 Å². The van der Waals surface area contributed by atoms with Crippen molar-refractivity contribution < 1.29 is 14.1 Å². The summed E-state index contributed by atoms with van der Waals surface area (Å²) in [4.78, 5) is 20.0. The summed E-state index contributed by atoms with van der Waals surface area (Å²) in [6.45, 7) is 1.46. The van der Waals surface area contributed by atoms with Crippen LogP contribution in [0.3, 0.4) is 0 Å². The number of benzene rings is 1. The van der Waals surface area contributed by atoms with Gasteiger partial charge in [-0.05, 0) is 48.6 Å². The van der Waals surface area contributed by atoms with E-state index in [1.807, 2.05) is 46.7 Å². The summed E-state index contributed by atoms with van der Waals surface area (Å²) < 4.78 is 10.7. The second kappa shape index (κ2) is 7.92. The maximum absolute atomic E-state index is 12.4. The van der Waals surface area contributed by atoms with Crippen LogP contribution in [-0.4, -0.2) is 41.1 Å². The van der Waals surface area contributed by atoms with Gasteiger partial charge in [-0.15, -0.1) is 11.3 Å². The Balaban J connectivity index is 1.35. The highest BCUT2D eigenvalue weighted by Gasteiger charge is 2.27. The highest BCUT2D eigenvalue weighted by atomic mass is 32.1. The van der Waals surface area contributed by atoms with Crippen molar-refractivity contribution in [1.82, 2.24) is 15.0 Å². The topological polar surface area (TPSA) is 68.5 Å². The lowest BCUT2D eigenvalue weighted by Crippen LogP contribution is -2.38. The van der Waals surface area contributed by atoms with Gasteiger partial charge in [-0.3, -0.25) is 4.79 Å². The third-order valence-corrected chi connectivity index (χ3v) is 5.77. The molecule has 4 rings (SSSR count). The first kappa shape index (κ1) is 17.7. The van der Waals surface area contributed by atoms with Crippen LogP contribution in [0.4, 0.5) is 0 Å². The van der Waals surface area contributed by atoms with Crippen molar-refractivity contribution in [1.29, 1.82) is 0 Å². The number of carbonyl (C=O) groups is 1. The van der Waals surface area contributed by atoms with Crippen LogP contribution in [0.5, 0.6) is 5.75 Å². The summed E-state index contributed by atoms with van der Waals surface area (Å²) in [6, 6.07) is 11.6. The number of piperidine rings is 1. The summed E-state index contributed by atoms with van der Waals surface area (Å²) in [5, 5.41) is 6.12. The molecule has 7 heteroatoms. The van der Waals surface area contributed by atoms with Crippen LogP contribution in [0.1, 0.15) is 29.5 Å². The third-order valence-electron chi connectivity index (χ3n) is 4.89. The monoisotopic (exact) mass is 383 g/mol. The first-order valence-electron chi connectivity index (χ1n) is 9.01. The van der Waals surface area contributed by atoms with Crippen molar-refractivity contribution in [2.45, 2.75) is 25.2 Å². The Kier molecular flexibility index (Phi) is 5.20. The number of amides is 1. The summed E-state index contributed by atoms with van der Waals surface area (Å²) in [6.07, 6.45) is 2.19. The van der Waals surface area contributed by atoms with E-state index < -0.39 is 0 Å². The standard InChI is InChI=1S/C20H21N3O3S/c1-25-16-6-4-14(5-7-16)19-21-20(26-22-19)15-8-10-23(11-9-15)18(24)13-17-3-2-12-27-17/h2-7,12,15H,8-11,13H2,1H3. The van der Waals surface area contributed by atoms with Crippen LogP contribution < -0.4 is 4.74 Å². The second-order valence-electron chi connectivity index (χ2n) is 6.60. The Bertz CT molecular complexity index is 882. The van der Waals surface area contributed by atoms with Crippen LogP contribution in [0.2, 0.25) is 0 Å². The smallest absolute Gasteiger partial charge is 0.230 e. The molecule has 1 fully saturated rings. The Labute approximate surface area is 161 Å². The molecule has 0 spiro atoms. The van der Waals surface area contributed by atoms with E-state index in [1.54, 1.807) is 18.4 Å². The molecule has 1 aromatic carbocycles. The van der Waals surface area contributed by atoms with E-state index in [9.17, 15) is 4.79 Å². The predicted molar refractivity (Wildman–Crippen MR) is 103 cm³/mol. The zero-order valence-corrected chi connectivity index (χ0v) is 15.9. The van der Waals surface area contributed by atoms with E-state index in [1.165, 1.54) is 0 Å². The minimum atomic E-state index is 0.195. The van der Waals surface area contributed by atoms with Crippen LogP contribution >= 0.6 is 11.3 Å². The highest BCUT2D eigenvalue weighted by Crippen LogP contribution is 2.29. The van der Waals surface area contributed by atoms with E-state index in [2.05, 4.69) is 10.1 Å². The number of nitrogens with zero attached hydrogens (tertiary/aromatic N) is 3.